The van der Waals surface area contributed by atoms with Crippen LogP contribution in [0.1, 0.15) is 13.3 Å². The predicted molar refractivity (Wildman–Crippen MR) is 31.4 cm³/mol. The van der Waals surface area contributed by atoms with E-state index in [0.717, 1.165) is 12.5 Å². The molecule has 1 radical (unpaired) electrons. The highest BCUT2D eigenvalue weighted by molar-refractivity contribution is 5.79. The first kappa shape index (κ1) is 7.21. The SMILES string of the molecule is CC[CH]C=CC(=O)O. The summed E-state index contributed by atoms with van der Waals surface area (Å²) in [7, 11) is 0. The van der Waals surface area contributed by atoms with Crippen LogP contribution in [0.4, 0.5) is 0 Å². The third-order valence-electron chi connectivity index (χ3n) is 0.611. The summed E-state index contributed by atoms with van der Waals surface area (Å²) < 4.78 is 0. The molecule has 0 atom stereocenters. The number of hydrogen-bond acceptors (Lipinski definition) is 1. The first-order chi connectivity index (χ1) is 3.77. The molecule has 0 aromatic heterocycles. The molecule has 8 heavy (non-hydrogen) atoms. The number of unbranched alkanes of at least 4 members (excludes halogenated alkanes) is 1. The first-order valence-electron chi connectivity index (χ1n) is 2.50. The van der Waals surface area contributed by atoms with Gasteiger partial charge >= 0.3 is 5.97 Å². The van der Waals surface area contributed by atoms with Crippen LogP contribution in [0, 0.1) is 6.42 Å². The van der Waals surface area contributed by atoms with Gasteiger partial charge in [0, 0.05) is 6.08 Å². The molecule has 0 saturated carbocycles. The van der Waals surface area contributed by atoms with E-state index in [9.17, 15) is 4.79 Å². The highest BCUT2D eigenvalue weighted by Crippen LogP contribution is 1.84. The van der Waals surface area contributed by atoms with Gasteiger partial charge in [-0.15, -0.1) is 0 Å². The van der Waals surface area contributed by atoms with Crippen molar-refractivity contribution < 1.29 is 9.90 Å². The van der Waals surface area contributed by atoms with Gasteiger partial charge in [0.2, 0.25) is 0 Å². The number of hydrogen-bond donors (Lipinski definition) is 1. The molecule has 0 fully saturated rings. The smallest absolute Gasteiger partial charge is 0.327 e. The van der Waals surface area contributed by atoms with Crippen molar-refractivity contribution in [1.82, 2.24) is 0 Å². The lowest BCUT2D eigenvalue weighted by molar-refractivity contribution is -0.131. The quantitative estimate of drug-likeness (QED) is 0.559. The van der Waals surface area contributed by atoms with Gasteiger partial charge in [0.15, 0.2) is 0 Å². The van der Waals surface area contributed by atoms with Crippen molar-refractivity contribution in [2.45, 2.75) is 13.3 Å². The van der Waals surface area contributed by atoms with Gasteiger partial charge in [-0.05, 0) is 12.8 Å². The molecular formula is C6H9O2. The molecule has 1 N–H and O–H groups in total. The van der Waals surface area contributed by atoms with Crippen molar-refractivity contribution in [3.8, 4) is 0 Å². The average molecular weight is 113 g/mol. The van der Waals surface area contributed by atoms with Gasteiger partial charge < -0.3 is 5.11 Å². The molecule has 0 spiro atoms. The minimum Gasteiger partial charge on any atom is -0.478 e. The molecule has 0 bridgehead atoms. The van der Waals surface area contributed by atoms with Gasteiger partial charge in [0.1, 0.15) is 0 Å². The Balaban J connectivity index is 3.20. The molecule has 0 aliphatic rings. The fourth-order valence-corrected chi connectivity index (χ4v) is 0.286. The molecule has 2 heteroatoms. The molecule has 45 valence electrons. The highest BCUT2D eigenvalue weighted by atomic mass is 16.4. The summed E-state index contributed by atoms with van der Waals surface area (Å²) in [6.07, 6.45) is 5.31. The second kappa shape index (κ2) is 4.37. The fourth-order valence-electron chi connectivity index (χ4n) is 0.286. The van der Waals surface area contributed by atoms with Gasteiger partial charge in [-0.3, -0.25) is 0 Å². The molecule has 0 unspecified atom stereocenters. The summed E-state index contributed by atoms with van der Waals surface area (Å²) in [4.78, 5) is 9.77. The van der Waals surface area contributed by atoms with E-state index in [1.54, 1.807) is 6.42 Å². The van der Waals surface area contributed by atoms with E-state index in [-0.39, 0.29) is 0 Å². The number of allylic oxidation sites excluding steroid dienone is 1. The van der Waals surface area contributed by atoms with E-state index < -0.39 is 5.97 Å². The van der Waals surface area contributed by atoms with Gasteiger partial charge in [-0.2, -0.15) is 0 Å². The zero-order valence-electron chi connectivity index (χ0n) is 4.79. The summed E-state index contributed by atoms with van der Waals surface area (Å²) >= 11 is 0. The molecule has 0 aromatic rings. The van der Waals surface area contributed by atoms with Crippen LogP contribution in [-0.2, 0) is 4.79 Å². The lowest BCUT2D eigenvalue weighted by atomic mass is 10.3. The lowest BCUT2D eigenvalue weighted by Gasteiger charge is -1.78. The number of carboxylic acids is 1. The second-order valence-electron chi connectivity index (χ2n) is 1.34. The van der Waals surface area contributed by atoms with Crippen molar-refractivity contribution in [2.24, 2.45) is 0 Å². The molecule has 0 aliphatic carbocycles. The van der Waals surface area contributed by atoms with E-state index in [4.69, 9.17) is 5.11 Å². The van der Waals surface area contributed by atoms with E-state index in [2.05, 4.69) is 0 Å². The molecule has 0 aromatic carbocycles. The van der Waals surface area contributed by atoms with Crippen molar-refractivity contribution in [3.63, 3.8) is 0 Å². The maximum Gasteiger partial charge on any atom is 0.327 e. The molecule has 0 saturated heterocycles. The van der Waals surface area contributed by atoms with Crippen LogP contribution in [0.2, 0.25) is 0 Å². The highest BCUT2D eigenvalue weighted by Gasteiger charge is 1.81. The first-order valence-corrected chi connectivity index (χ1v) is 2.50. The largest absolute Gasteiger partial charge is 0.478 e. The van der Waals surface area contributed by atoms with Crippen molar-refractivity contribution >= 4 is 5.97 Å². The van der Waals surface area contributed by atoms with Crippen LogP contribution in [0.25, 0.3) is 0 Å². The summed E-state index contributed by atoms with van der Waals surface area (Å²) in [5, 5.41) is 8.03. The van der Waals surface area contributed by atoms with Crippen LogP contribution in [0.5, 0.6) is 0 Å². The van der Waals surface area contributed by atoms with E-state index >= 15 is 0 Å². The third kappa shape index (κ3) is 5.21. The molecular weight excluding hydrogens is 104 g/mol. The van der Waals surface area contributed by atoms with Crippen molar-refractivity contribution in [3.05, 3.63) is 18.6 Å². The number of carbonyl (C=O) groups is 1. The van der Waals surface area contributed by atoms with E-state index in [1.165, 1.54) is 6.08 Å². The summed E-state index contributed by atoms with van der Waals surface area (Å²) in [6.45, 7) is 1.95. The Labute approximate surface area is 48.8 Å². The fraction of sp³-hybridized carbons (Fsp3) is 0.333. The Kier molecular flexibility index (Phi) is 3.94. The Morgan fingerprint density at radius 2 is 2.38 bits per heavy atom. The van der Waals surface area contributed by atoms with Crippen molar-refractivity contribution in [1.29, 1.82) is 0 Å². The molecule has 0 heterocycles. The van der Waals surface area contributed by atoms with Gasteiger partial charge in [0.05, 0.1) is 0 Å². The second-order valence-corrected chi connectivity index (χ2v) is 1.34. The Morgan fingerprint density at radius 3 is 2.75 bits per heavy atom. The topological polar surface area (TPSA) is 37.3 Å². The third-order valence-corrected chi connectivity index (χ3v) is 0.611. The monoisotopic (exact) mass is 113 g/mol. The maximum atomic E-state index is 9.77. The summed E-state index contributed by atoms with van der Waals surface area (Å²) in [6, 6.07) is 0. The minimum absolute atomic E-state index is 0.879. The van der Waals surface area contributed by atoms with Crippen LogP contribution in [-0.4, -0.2) is 11.1 Å². The Bertz CT molecular complexity index is 94.7. The predicted octanol–water partition coefficient (Wildman–Crippen LogP) is 1.24. The number of carboxylic acid groups (broad SMARTS) is 1. The van der Waals surface area contributed by atoms with Gasteiger partial charge in [-0.25, -0.2) is 4.79 Å². The van der Waals surface area contributed by atoms with Crippen LogP contribution in [0.15, 0.2) is 12.2 Å². The maximum absolute atomic E-state index is 9.77. The number of rotatable bonds is 3. The van der Waals surface area contributed by atoms with E-state index in [0.29, 0.717) is 0 Å². The van der Waals surface area contributed by atoms with Crippen LogP contribution < -0.4 is 0 Å². The normalized spacial score (nSPS) is 10.1. The van der Waals surface area contributed by atoms with Crippen LogP contribution >= 0.6 is 0 Å². The van der Waals surface area contributed by atoms with Gasteiger partial charge in [-0.1, -0.05) is 13.0 Å². The standard InChI is InChI=1S/C6H9O2/c1-2-3-4-5-6(7)8/h3-5H,2H2,1H3,(H,7,8). The van der Waals surface area contributed by atoms with Crippen LogP contribution in [0.3, 0.4) is 0 Å². The summed E-state index contributed by atoms with van der Waals surface area (Å²) in [5.41, 5.74) is 0. The van der Waals surface area contributed by atoms with Crippen molar-refractivity contribution in [2.75, 3.05) is 0 Å². The molecule has 0 amide bonds. The Hall–Kier alpha value is -0.790. The number of aliphatic carboxylic acids is 1. The zero-order chi connectivity index (χ0) is 6.41. The minimum atomic E-state index is -0.894. The zero-order valence-corrected chi connectivity index (χ0v) is 4.79. The Morgan fingerprint density at radius 1 is 1.75 bits per heavy atom. The molecule has 0 aliphatic heterocycles. The molecule has 2 nitrogen and oxygen atoms in total. The summed E-state index contributed by atoms with van der Waals surface area (Å²) in [5.74, 6) is -0.894. The van der Waals surface area contributed by atoms with E-state index in [1.807, 2.05) is 6.92 Å². The lowest BCUT2D eigenvalue weighted by Crippen LogP contribution is -1.85. The average Bonchev–Trinajstić information content (AvgIpc) is 1.66. The van der Waals surface area contributed by atoms with Gasteiger partial charge in [0.25, 0.3) is 0 Å². The molecule has 0 rings (SSSR count).